The van der Waals surface area contributed by atoms with Gasteiger partial charge in [-0.25, -0.2) is 12.4 Å². The Labute approximate surface area is 215 Å². The molecule has 0 amide bonds. The van der Waals surface area contributed by atoms with Gasteiger partial charge in [-0.15, -0.1) is 0 Å². The monoisotopic (exact) mass is 507 g/mol. The van der Waals surface area contributed by atoms with Crippen LogP contribution in [0.5, 0.6) is 0 Å². The lowest BCUT2D eigenvalue weighted by Gasteiger charge is -2.23. The van der Waals surface area contributed by atoms with E-state index in [0.717, 1.165) is 27.3 Å². The smallest absolute Gasteiger partial charge is 0.245 e. The summed E-state index contributed by atoms with van der Waals surface area (Å²) < 4.78 is 28.9. The van der Waals surface area contributed by atoms with Crippen LogP contribution < -0.4 is 0 Å². The molecule has 3 nitrogen and oxygen atoms in total. The third-order valence-corrected chi connectivity index (χ3v) is 8.62. The highest BCUT2D eigenvalue weighted by atomic mass is 35.5. The summed E-state index contributed by atoms with van der Waals surface area (Å²) in [7, 11) is -3.80. The van der Waals surface area contributed by atoms with Gasteiger partial charge in [-0.2, -0.15) is 0 Å². The molecule has 0 spiro atoms. The Kier molecular flexibility index (Phi) is 5.63. The van der Waals surface area contributed by atoms with Crippen molar-refractivity contribution in [3.05, 3.63) is 149 Å². The first kappa shape index (κ1) is 22.6. The molecule has 5 aromatic carbocycles. The molecule has 1 unspecified atom stereocenters. The Morgan fingerprint density at radius 2 is 1.28 bits per heavy atom. The molecule has 0 N–H and O–H groups in total. The lowest BCUT2D eigenvalue weighted by molar-refractivity contribution is 0.584. The Bertz CT molecular complexity index is 1810. The van der Waals surface area contributed by atoms with Crippen LogP contribution in [-0.4, -0.2) is 12.4 Å². The number of benzene rings is 5. The van der Waals surface area contributed by atoms with Crippen LogP contribution in [0.4, 0.5) is 0 Å². The molecular formula is C31H22ClNO2S. The number of fused-ring (bicyclic) bond motifs is 3. The predicted molar refractivity (Wildman–Crippen MR) is 147 cm³/mol. The normalized spacial score (nSPS) is 12.7. The summed E-state index contributed by atoms with van der Waals surface area (Å²) in [5.41, 5.74) is 2.67. The molecule has 0 bridgehead atoms. The maximum atomic E-state index is 13.8. The van der Waals surface area contributed by atoms with Crippen molar-refractivity contribution in [2.45, 2.75) is 10.8 Å². The van der Waals surface area contributed by atoms with Gasteiger partial charge in [0.15, 0.2) is 0 Å². The van der Waals surface area contributed by atoms with Crippen LogP contribution in [0.2, 0.25) is 5.02 Å². The fraction of sp³-hybridized carbons (Fsp3) is 0.0323. The first-order valence-corrected chi connectivity index (χ1v) is 13.5. The molecular weight excluding hydrogens is 486 g/mol. The molecule has 0 saturated heterocycles. The summed E-state index contributed by atoms with van der Waals surface area (Å²) in [6.07, 6.45) is 1.63. The predicted octanol–water partition coefficient (Wildman–Crippen LogP) is 7.87. The number of hydrogen-bond donors (Lipinski definition) is 0. The number of nitrogens with zero attached hydrogens (tertiary/aromatic N) is 1. The molecule has 0 aliphatic heterocycles. The summed E-state index contributed by atoms with van der Waals surface area (Å²) in [4.78, 5) is 0.251. The second kappa shape index (κ2) is 8.98. The fourth-order valence-corrected chi connectivity index (χ4v) is 6.54. The van der Waals surface area contributed by atoms with Gasteiger partial charge in [0.1, 0.15) is 0 Å². The van der Waals surface area contributed by atoms with Gasteiger partial charge in [-0.05, 0) is 75.1 Å². The highest BCUT2D eigenvalue weighted by Crippen LogP contribution is 2.40. The van der Waals surface area contributed by atoms with Crippen LogP contribution in [0.3, 0.4) is 0 Å². The van der Waals surface area contributed by atoms with Gasteiger partial charge < -0.3 is 0 Å². The molecule has 176 valence electrons. The Balaban J connectivity index is 1.67. The second-order valence-electron chi connectivity index (χ2n) is 8.76. The summed E-state index contributed by atoms with van der Waals surface area (Å²) >= 11 is 6.24. The van der Waals surface area contributed by atoms with E-state index >= 15 is 0 Å². The molecule has 0 aliphatic rings. The lowest BCUT2D eigenvalue weighted by atomic mass is 9.84. The quantitative estimate of drug-likeness (QED) is 0.223. The lowest BCUT2D eigenvalue weighted by Crippen LogP contribution is -2.18. The summed E-state index contributed by atoms with van der Waals surface area (Å²) in [6, 6.07) is 38.7. The number of rotatable bonds is 5. The maximum Gasteiger partial charge on any atom is 0.267 e. The first-order valence-electron chi connectivity index (χ1n) is 11.7. The minimum atomic E-state index is -3.80. The van der Waals surface area contributed by atoms with Crippen molar-refractivity contribution in [2.75, 3.05) is 0 Å². The molecule has 0 saturated carbocycles. The molecule has 6 rings (SSSR count). The highest BCUT2D eigenvalue weighted by Gasteiger charge is 2.27. The minimum Gasteiger partial charge on any atom is -0.245 e. The maximum absolute atomic E-state index is 13.8. The van der Waals surface area contributed by atoms with Gasteiger partial charge in [0.25, 0.3) is 10.0 Å². The zero-order valence-corrected chi connectivity index (χ0v) is 20.8. The van der Waals surface area contributed by atoms with Gasteiger partial charge in [0.2, 0.25) is 0 Å². The first-order chi connectivity index (χ1) is 17.5. The van der Waals surface area contributed by atoms with Crippen molar-refractivity contribution in [1.29, 1.82) is 0 Å². The molecule has 1 aromatic heterocycles. The van der Waals surface area contributed by atoms with Crippen molar-refractivity contribution in [3.8, 4) is 0 Å². The Hall–Kier alpha value is -3.86. The van der Waals surface area contributed by atoms with Crippen LogP contribution in [0.15, 0.2) is 132 Å². The van der Waals surface area contributed by atoms with Crippen molar-refractivity contribution in [3.63, 3.8) is 0 Å². The number of aromatic nitrogens is 1. The minimum absolute atomic E-state index is 0.251. The van der Waals surface area contributed by atoms with Crippen LogP contribution in [-0.2, 0) is 10.0 Å². The molecule has 36 heavy (non-hydrogen) atoms. The van der Waals surface area contributed by atoms with Crippen molar-refractivity contribution < 1.29 is 8.42 Å². The number of hydrogen-bond acceptors (Lipinski definition) is 2. The molecule has 0 aliphatic carbocycles. The van der Waals surface area contributed by atoms with E-state index < -0.39 is 10.0 Å². The van der Waals surface area contributed by atoms with E-state index in [0.29, 0.717) is 10.7 Å². The van der Waals surface area contributed by atoms with E-state index in [1.54, 1.807) is 36.5 Å². The topological polar surface area (TPSA) is 39.1 Å². The van der Waals surface area contributed by atoms with Crippen LogP contribution in [0.1, 0.15) is 22.7 Å². The summed E-state index contributed by atoms with van der Waals surface area (Å²) in [6.45, 7) is 0. The average Bonchev–Trinajstić information content (AvgIpc) is 3.41. The average molecular weight is 508 g/mol. The SMILES string of the molecule is O=S(=O)(c1ccccc1)n1cccc1C(c1ccc(Cl)cc1)c1cc2ccccc2c2ccccc12. The van der Waals surface area contributed by atoms with Crippen LogP contribution >= 0.6 is 11.6 Å². The third-order valence-electron chi connectivity index (χ3n) is 6.65. The van der Waals surface area contributed by atoms with Gasteiger partial charge in [-0.1, -0.05) is 90.5 Å². The van der Waals surface area contributed by atoms with E-state index in [9.17, 15) is 8.42 Å². The fourth-order valence-electron chi connectivity index (χ4n) is 5.01. The van der Waals surface area contributed by atoms with Crippen molar-refractivity contribution in [2.24, 2.45) is 0 Å². The highest BCUT2D eigenvalue weighted by molar-refractivity contribution is 7.90. The van der Waals surface area contributed by atoms with Gasteiger partial charge in [-0.3, -0.25) is 0 Å². The Morgan fingerprint density at radius 3 is 2.03 bits per heavy atom. The zero-order chi connectivity index (χ0) is 24.7. The zero-order valence-electron chi connectivity index (χ0n) is 19.3. The van der Waals surface area contributed by atoms with Gasteiger partial charge in [0, 0.05) is 16.9 Å². The molecule has 5 heteroatoms. The molecule has 6 aromatic rings. The van der Waals surface area contributed by atoms with Crippen LogP contribution in [0.25, 0.3) is 21.5 Å². The van der Waals surface area contributed by atoms with E-state index in [1.807, 2.05) is 60.7 Å². The van der Waals surface area contributed by atoms with Gasteiger partial charge in [0.05, 0.1) is 10.8 Å². The van der Waals surface area contributed by atoms with E-state index in [4.69, 9.17) is 11.6 Å². The Morgan fingerprint density at radius 1 is 0.639 bits per heavy atom. The molecule has 0 fully saturated rings. The van der Waals surface area contributed by atoms with Crippen molar-refractivity contribution >= 4 is 43.2 Å². The molecule has 1 atom stereocenters. The third kappa shape index (κ3) is 3.79. The summed E-state index contributed by atoms with van der Waals surface area (Å²) in [5, 5.41) is 5.12. The summed E-state index contributed by atoms with van der Waals surface area (Å²) in [5.74, 6) is -0.342. The van der Waals surface area contributed by atoms with Crippen LogP contribution in [0, 0.1) is 0 Å². The largest absolute Gasteiger partial charge is 0.267 e. The second-order valence-corrected chi connectivity index (χ2v) is 11.0. The van der Waals surface area contributed by atoms with E-state index in [1.165, 1.54) is 9.36 Å². The van der Waals surface area contributed by atoms with E-state index in [2.05, 4.69) is 30.3 Å². The van der Waals surface area contributed by atoms with E-state index in [-0.39, 0.29) is 10.8 Å². The number of halogens is 1. The molecule has 0 radical (unpaired) electrons. The van der Waals surface area contributed by atoms with Gasteiger partial charge >= 0.3 is 0 Å². The molecule has 1 heterocycles. The van der Waals surface area contributed by atoms with Crippen molar-refractivity contribution in [1.82, 2.24) is 3.97 Å². The standard InChI is InChI=1S/C31H22ClNO2S/c32-24-18-16-22(17-19-24)31(30-15-8-20-33(30)36(34,35)25-10-2-1-3-11-25)29-21-23-9-4-5-12-26(23)27-13-6-7-14-28(27)29/h1-21,31H.